The number of para-hydroxylation sites is 1. The van der Waals surface area contributed by atoms with E-state index < -0.39 is 33.0 Å². The minimum atomic E-state index is -4.24. The van der Waals surface area contributed by atoms with Gasteiger partial charge in [0.05, 0.1) is 34.3 Å². The fourth-order valence-electron chi connectivity index (χ4n) is 4.73. The number of hydrogen-bond donors (Lipinski definition) is 2. The van der Waals surface area contributed by atoms with Crippen LogP contribution in [0.25, 0.3) is 27.8 Å². The van der Waals surface area contributed by atoms with Crippen LogP contribution in [0.5, 0.6) is 5.75 Å². The largest absolute Gasteiger partial charge is 0.497 e. The molecule has 3 aromatic carbocycles. The maximum absolute atomic E-state index is 15.7. The van der Waals surface area contributed by atoms with Gasteiger partial charge in [0.1, 0.15) is 41.0 Å². The van der Waals surface area contributed by atoms with Crippen LogP contribution >= 0.6 is 0 Å². The minimum absolute atomic E-state index is 0.0207. The lowest BCUT2D eigenvalue weighted by Crippen LogP contribution is -2.16. The van der Waals surface area contributed by atoms with Crippen molar-refractivity contribution in [3.63, 3.8) is 0 Å². The van der Waals surface area contributed by atoms with Gasteiger partial charge in [0, 0.05) is 11.6 Å². The molecule has 0 atom stereocenters. The standard InChI is InChI=1S/C30H21F2N7O3S/c1-17-13-19(42-2)7-11-25(17)43(40,41)38-22-9-8-21(31)28(27(22)32)37-30-29-23(34-16-35-30)10-12-26(36-29)39-15-18(14-33)20-5-3-4-6-24(20)39/h3-13,15-16,38H,1-2H3,(H,34,35,37). The Hall–Kier alpha value is -5.61. The van der Waals surface area contributed by atoms with Crippen molar-refractivity contribution >= 4 is 49.2 Å². The highest BCUT2D eigenvalue weighted by molar-refractivity contribution is 7.92. The molecule has 3 heterocycles. The molecule has 0 radical (unpaired) electrons. The molecule has 43 heavy (non-hydrogen) atoms. The highest BCUT2D eigenvalue weighted by Gasteiger charge is 2.23. The molecule has 0 aliphatic rings. The number of sulfonamides is 1. The lowest BCUT2D eigenvalue weighted by Gasteiger charge is -2.15. The lowest BCUT2D eigenvalue weighted by atomic mass is 10.2. The third-order valence-electron chi connectivity index (χ3n) is 6.80. The summed E-state index contributed by atoms with van der Waals surface area (Å²) >= 11 is 0. The number of methoxy groups -OCH3 is 1. The van der Waals surface area contributed by atoms with E-state index in [9.17, 15) is 18.1 Å². The van der Waals surface area contributed by atoms with Gasteiger partial charge in [0.2, 0.25) is 0 Å². The number of nitrogens with zero attached hydrogens (tertiary/aromatic N) is 5. The van der Waals surface area contributed by atoms with Crippen molar-refractivity contribution in [2.75, 3.05) is 17.1 Å². The third kappa shape index (κ3) is 4.93. The molecule has 0 fully saturated rings. The quantitative estimate of drug-likeness (QED) is 0.230. The summed E-state index contributed by atoms with van der Waals surface area (Å²) in [6.45, 7) is 1.57. The predicted molar refractivity (Wildman–Crippen MR) is 157 cm³/mol. The highest BCUT2D eigenvalue weighted by Crippen LogP contribution is 2.33. The summed E-state index contributed by atoms with van der Waals surface area (Å²) < 4.78 is 65.9. The fourth-order valence-corrected chi connectivity index (χ4v) is 6.02. The molecule has 6 aromatic rings. The van der Waals surface area contributed by atoms with Gasteiger partial charge in [-0.3, -0.25) is 9.29 Å². The first-order chi connectivity index (χ1) is 20.7. The van der Waals surface area contributed by atoms with Gasteiger partial charge in [-0.05, 0) is 61.0 Å². The van der Waals surface area contributed by atoms with Crippen molar-refractivity contribution in [2.45, 2.75) is 11.8 Å². The van der Waals surface area contributed by atoms with Crippen LogP contribution in [0.15, 0.2) is 84.1 Å². The molecule has 6 rings (SSSR count). The van der Waals surface area contributed by atoms with Gasteiger partial charge in [-0.1, -0.05) is 18.2 Å². The van der Waals surface area contributed by atoms with Crippen LogP contribution in [0.4, 0.5) is 26.0 Å². The van der Waals surface area contributed by atoms with E-state index in [1.807, 2.05) is 24.3 Å². The minimum Gasteiger partial charge on any atom is -0.497 e. The normalized spacial score (nSPS) is 11.4. The fraction of sp³-hybridized carbons (Fsp3) is 0.0667. The first-order valence-electron chi connectivity index (χ1n) is 12.7. The zero-order valence-corrected chi connectivity index (χ0v) is 23.4. The molecule has 0 spiro atoms. The zero-order valence-electron chi connectivity index (χ0n) is 22.6. The molecule has 0 saturated carbocycles. The Morgan fingerprint density at radius 1 is 1.02 bits per heavy atom. The highest BCUT2D eigenvalue weighted by atomic mass is 32.2. The van der Waals surface area contributed by atoms with Crippen molar-refractivity contribution in [1.29, 1.82) is 5.26 Å². The molecule has 3 aromatic heterocycles. The number of fused-ring (bicyclic) bond motifs is 2. The first kappa shape index (κ1) is 27.6. The number of hydrogen-bond acceptors (Lipinski definition) is 8. The van der Waals surface area contributed by atoms with E-state index in [2.05, 4.69) is 31.1 Å². The monoisotopic (exact) mass is 597 g/mol. The summed E-state index contributed by atoms with van der Waals surface area (Å²) in [5, 5.41) is 13.0. The van der Waals surface area contributed by atoms with E-state index in [1.165, 1.54) is 31.6 Å². The number of anilines is 3. The Bertz CT molecular complexity index is 2210. The summed E-state index contributed by atoms with van der Waals surface area (Å²) in [7, 11) is -2.79. The van der Waals surface area contributed by atoms with E-state index in [-0.39, 0.29) is 16.2 Å². The molecule has 214 valence electrons. The van der Waals surface area contributed by atoms with Crippen molar-refractivity contribution in [3.05, 3.63) is 102 Å². The summed E-state index contributed by atoms with van der Waals surface area (Å²) in [5.41, 5.74) is 1.01. The Morgan fingerprint density at radius 2 is 1.84 bits per heavy atom. The predicted octanol–water partition coefficient (Wildman–Crippen LogP) is 5.98. The van der Waals surface area contributed by atoms with E-state index >= 15 is 4.39 Å². The molecule has 13 heteroatoms. The molecule has 0 amide bonds. The smallest absolute Gasteiger partial charge is 0.262 e. The molecule has 2 N–H and O–H groups in total. The molecule has 0 bridgehead atoms. The Balaban J connectivity index is 1.39. The topological polar surface area (TPSA) is 135 Å². The summed E-state index contributed by atoms with van der Waals surface area (Å²) in [6.07, 6.45) is 2.86. The van der Waals surface area contributed by atoms with Crippen LogP contribution in [-0.4, -0.2) is 35.0 Å². The van der Waals surface area contributed by atoms with Crippen LogP contribution < -0.4 is 14.8 Å². The van der Waals surface area contributed by atoms with Crippen LogP contribution in [0.3, 0.4) is 0 Å². The number of aromatic nitrogens is 4. The second-order valence-electron chi connectivity index (χ2n) is 9.45. The van der Waals surface area contributed by atoms with Crippen molar-refractivity contribution < 1.29 is 21.9 Å². The van der Waals surface area contributed by atoms with E-state index in [0.717, 1.165) is 23.0 Å². The van der Waals surface area contributed by atoms with E-state index in [0.29, 0.717) is 28.2 Å². The average Bonchev–Trinajstić information content (AvgIpc) is 3.39. The van der Waals surface area contributed by atoms with Gasteiger partial charge in [-0.2, -0.15) is 5.26 Å². The van der Waals surface area contributed by atoms with Crippen molar-refractivity contribution in [1.82, 2.24) is 19.5 Å². The Labute approximate surface area is 244 Å². The van der Waals surface area contributed by atoms with Gasteiger partial charge >= 0.3 is 0 Å². The Morgan fingerprint density at radius 3 is 2.60 bits per heavy atom. The van der Waals surface area contributed by atoms with Crippen LogP contribution in [0, 0.1) is 29.9 Å². The van der Waals surface area contributed by atoms with Gasteiger partial charge < -0.3 is 10.1 Å². The molecule has 0 unspecified atom stereocenters. The van der Waals surface area contributed by atoms with Crippen LogP contribution in [0.1, 0.15) is 11.1 Å². The molecule has 10 nitrogen and oxygen atoms in total. The van der Waals surface area contributed by atoms with Gasteiger partial charge in [0.15, 0.2) is 11.6 Å². The number of pyridine rings is 1. The van der Waals surface area contributed by atoms with Gasteiger partial charge in [-0.15, -0.1) is 0 Å². The third-order valence-corrected chi connectivity index (χ3v) is 8.32. The molecular weight excluding hydrogens is 576 g/mol. The number of benzene rings is 3. The second-order valence-corrected chi connectivity index (χ2v) is 11.1. The van der Waals surface area contributed by atoms with Crippen molar-refractivity contribution in [3.8, 4) is 17.6 Å². The summed E-state index contributed by atoms with van der Waals surface area (Å²) in [4.78, 5) is 12.9. The number of ether oxygens (including phenoxy) is 1. The molecule has 0 aliphatic heterocycles. The number of halogens is 2. The summed E-state index contributed by atoms with van der Waals surface area (Å²) in [6, 6.07) is 19.1. The number of nitriles is 1. The maximum Gasteiger partial charge on any atom is 0.262 e. The van der Waals surface area contributed by atoms with Crippen molar-refractivity contribution in [2.24, 2.45) is 0 Å². The van der Waals surface area contributed by atoms with E-state index in [1.54, 1.807) is 29.8 Å². The van der Waals surface area contributed by atoms with Gasteiger partial charge in [0.25, 0.3) is 10.0 Å². The molecule has 0 saturated heterocycles. The van der Waals surface area contributed by atoms with Gasteiger partial charge in [-0.25, -0.2) is 32.2 Å². The number of nitrogens with one attached hydrogen (secondary N) is 2. The maximum atomic E-state index is 15.7. The number of rotatable bonds is 7. The Kier molecular flexibility index (Phi) is 6.83. The average molecular weight is 598 g/mol. The molecule has 0 aliphatic carbocycles. The first-order valence-corrected chi connectivity index (χ1v) is 14.2. The van der Waals surface area contributed by atoms with Crippen LogP contribution in [-0.2, 0) is 10.0 Å². The lowest BCUT2D eigenvalue weighted by molar-refractivity contribution is 0.414. The zero-order chi connectivity index (χ0) is 30.3. The van der Waals surface area contributed by atoms with E-state index in [4.69, 9.17) is 4.74 Å². The second kappa shape index (κ2) is 10.7. The van der Waals surface area contributed by atoms with Crippen LogP contribution in [0.2, 0.25) is 0 Å². The number of aryl methyl sites for hydroxylation is 1. The summed E-state index contributed by atoms with van der Waals surface area (Å²) in [5.74, 6) is -1.32. The SMILES string of the molecule is COc1ccc(S(=O)(=O)Nc2ccc(F)c(Nc3ncnc4ccc(-n5cc(C#N)c6ccccc65)nc34)c2F)c(C)c1. The molecular formula is C30H21F2N7O3S.